The first-order chi connectivity index (χ1) is 17.1. The van der Waals surface area contributed by atoms with Crippen LogP contribution >= 0.6 is 11.6 Å². The van der Waals surface area contributed by atoms with Gasteiger partial charge in [0, 0.05) is 37.2 Å². The zero-order chi connectivity index (χ0) is 25.4. The second-order valence-electron chi connectivity index (χ2n) is 9.67. The van der Waals surface area contributed by atoms with Gasteiger partial charge in [0.25, 0.3) is 5.91 Å². The summed E-state index contributed by atoms with van der Waals surface area (Å²) < 4.78 is 38.3. The molecular formula is C25H19ClF2N6O2. The van der Waals surface area contributed by atoms with Crippen molar-refractivity contribution in [1.82, 2.24) is 24.3 Å². The normalized spacial score (nSPS) is 22.4. The number of hydrogen-bond acceptors (Lipinski definition) is 5. The van der Waals surface area contributed by atoms with E-state index in [1.807, 2.05) is 13.0 Å². The van der Waals surface area contributed by atoms with Crippen LogP contribution in [-0.2, 0) is 11.8 Å². The van der Waals surface area contributed by atoms with Crippen molar-refractivity contribution in [1.29, 1.82) is 5.26 Å². The number of carbonyl (C=O) groups is 1. The van der Waals surface area contributed by atoms with Crippen LogP contribution in [0.25, 0.3) is 28.2 Å². The fourth-order valence-corrected chi connectivity index (χ4v) is 5.57. The molecule has 4 aromatic rings. The molecular weight excluding hydrogens is 490 g/mol. The molecule has 2 bridgehead atoms. The Kier molecular flexibility index (Phi) is 4.78. The lowest BCUT2D eigenvalue weighted by Gasteiger charge is -2.42. The highest BCUT2D eigenvalue weighted by Crippen LogP contribution is 2.51. The Balaban J connectivity index is 1.46. The average Bonchev–Trinajstić information content (AvgIpc) is 3.55. The zero-order valence-electron chi connectivity index (χ0n) is 19.3. The van der Waals surface area contributed by atoms with Crippen LogP contribution in [0.4, 0.5) is 8.78 Å². The third kappa shape index (κ3) is 3.23. The molecule has 5 heterocycles. The molecule has 182 valence electrons. The van der Waals surface area contributed by atoms with Crippen molar-refractivity contribution in [3.8, 4) is 28.6 Å². The van der Waals surface area contributed by atoms with E-state index in [9.17, 15) is 14.4 Å². The van der Waals surface area contributed by atoms with E-state index in [0.717, 1.165) is 18.9 Å². The standard InChI is InChI=1S/C25H19ClF2N6O2/c1-24-9-25(10-24,11-36-24)32-23(35)13-5-6-34-16(8-29)21(31-17(34)7-13)18-14(3-4-15(27)19(18)28)20-22(26)33(2)12-30-20/h3-7,12H,9-11H2,1-2H3,(H,32,35). The van der Waals surface area contributed by atoms with Crippen molar-refractivity contribution in [3.63, 3.8) is 0 Å². The largest absolute Gasteiger partial charge is 0.373 e. The summed E-state index contributed by atoms with van der Waals surface area (Å²) in [6.45, 7) is 2.48. The van der Waals surface area contributed by atoms with Crippen molar-refractivity contribution in [2.24, 2.45) is 7.05 Å². The van der Waals surface area contributed by atoms with Gasteiger partial charge in [0.05, 0.1) is 29.6 Å². The van der Waals surface area contributed by atoms with E-state index < -0.39 is 11.6 Å². The lowest BCUT2D eigenvalue weighted by atomic mass is 9.69. The molecule has 3 aliphatic rings. The molecule has 0 atom stereocenters. The number of imidazole rings is 2. The first-order valence-electron chi connectivity index (χ1n) is 11.2. The van der Waals surface area contributed by atoms with Crippen LogP contribution in [0.15, 0.2) is 36.8 Å². The molecule has 1 aromatic carbocycles. The van der Waals surface area contributed by atoms with Gasteiger partial charge in [-0.3, -0.25) is 9.20 Å². The first-order valence-corrected chi connectivity index (χ1v) is 11.6. The summed E-state index contributed by atoms with van der Waals surface area (Å²) in [7, 11) is 1.66. The zero-order valence-corrected chi connectivity index (χ0v) is 20.0. The Morgan fingerprint density at radius 2 is 2.06 bits per heavy atom. The van der Waals surface area contributed by atoms with Crippen molar-refractivity contribution in [3.05, 3.63) is 64.8 Å². The molecule has 1 amide bonds. The highest BCUT2D eigenvalue weighted by Gasteiger charge is 2.60. The molecule has 8 nitrogen and oxygen atoms in total. The summed E-state index contributed by atoms with van der Waals surface area (Å²) in [5, 5.41) is 13.2. The van der Waals surface area contributed by atoms with Gasteiger partial charge in [0.1, 0.15) is 28.3 Å². The number of pyridine rings is 1. The number of fused-ring (bicyclic) bond motifs is 2. The molecule has 11 heteroatoms. The van der Waals surface area contributed by atoms with E-state index in [-0.39, 0.29) is 56.1 Å². The van der Waals surface area contributed by atoms with Gasteiger partial charge < -0.3 is 14.6 Å². The van der Waals surface area contributed by atoms with E-state index in [1.165, 1.54) is 33.6 Å². The first kappa shape index (κ1) is 22.6. The Hall–Kier alpha value is -3.81. The van der Waals surface area contributed by atoms with Crippen molar-refractivity contribution < 1.29 is 18.3 Å². The number of amides is 1. The molecule has 7 rings (SSSR count). The third-order valence-electron chi connectivity index (χ3n) is 6.95. The molecule has 0 spiro atoms. The summed E-state index contributed by atoms with van der Waals surface area (Å²) in [5.41, 5.74) is 0.0650. The molecule has 1 N–H and O–H groups in total. The lowest BCUT2D eigenvalue weighted by Crippen LogP contribution is -2.58. The minimum atomic E-state index is -1.18. The highest BCUT2D eigenvalue weighted by atomic mass is 35.5. The molecule has 1 saturated carbocycles. The minimum absolute atomic E-state index is 0.0210. The van der Waals surface area contributed by atoms with Gasteiger partial charge in [-0.25, -0.2) is 18.7 Å². The van der Waals surface area contributed by atoms with Gasteiger partial charge in [0.15, 0.2) is 17.3 Å². The Morgan fingerprint density at radius 3 is 2.69 bits per heavy atom. The number of rotatable bonds is 4. The topological polar surface area (TPSA) is 97.2 Å². The van der Waals surface area contributed by atoms with Crippen molar-refractivity contribution in [2.45, 2.75) is 30.9 Å². The van der Waals surface area contributed by atoms with E-state index in [0.29, 0.717) is 12.2 Å². The smallest absolute Gasteiger partial charge is 0.251 e. The number of nitrogens with zero attached hydrogens (tertiary/aromatic N) is 5. The quantitative estimate of drug-likeness (QED) is 0.444. The van der Waals surface area contributed by atoms with Crippen molar-refractivity contribution in [2.75, 3.05) is 6.61 Å². The van der Waals surface area contributed by atoms with Gasteiger partial charge in [0.2, 0.25) is 0 Å². The number of nitriles is 1. The Morgan fingerprint density at radius 1 is 1.28 bits per heavy atom. The van der Waals surface area contributed by atoms with Gasteiger partial charge >= 0.3 is 0 Å². The van der Waals surface area contributed by atoms with Crippen LogP contribution in [0.2, 0.25) is 5.15 Å². The Labute approximate surface area is 209 Å². The number of nitrogens with one attached hydrogen (secondary N) is 1. The molecule has 36 heavy (non-hydrogen) atoms. The Bertz CT molecular complexity index is 1630. The monoisotopic (exact) mass is 508 g/mol. The summed E-state index contributed by atoms with van der Waals surface area (Å²) in [6, 6.07) is 7.41. The number of halogens is 3. The fourth-order valence-electron chi connectivity index (χ4n) is 5.38. The molecule has 3 fully saturated rings. The van der Waals surface area contributed by atoms with Crippen LogP contribution in [0.1, 0.15) is 35.8 Å². The lowest BCUT2D eigenvalue weighted by molar-refractivity contribution is 0.0127. The molecule has 0 radical (unpaired) electrons. The number of benzene rings is 1. The number of hydrogen-bond donors (Lipinski definition) is 1. The van der Waals surface area contributed by atoms with Gasteiger partial charge in [-0.2, -0.15) is 5.26 Å². The summed E-state index contributed by atoms with van der Waals surface area (Å²) in [4.78, 5) is 21.6. The summed E-state index contributed by atoms with van der Waals surface area (Å²) in [6.07, 6.45) is 4.45. The molecule has 3 aromatic heterocycles. The van der Waals surface area contributed by atoms with Crippen LogP contribution in [0, 0.1) is 23.0 Å². The molecule has 2 aliphatic heterocycles. The fraction of sp³-hybridized carbons (Fsp3) is 0.280. The van der Waals surface area contributed by atoms with Crippen LogP contribution < -0.4 is 5.32 Å². The second kappa shape index (κ2) is 7.59. The van der Waals surface area contributed by atoms with Crippen LogP contribution in [-0.4, -0.2) is 42.6 Å². The van der Waals surface area contributed by atoms with Gasteiger partial charge in [-0.1, -0.05) is 11.6 Å². The average molecular weight is 509 g/mol. The van der Waals surface area contributed by atoms with Gasteiger partial charge in [-0.15, -0.1) is 0 Å². The third-order valence-corrected chi connectivity index (χ3v) is 7.39. The van der Waals surface area contributed by atoms with E-state index >= 15 is 4.39 Å². The number of aromatic nitrogens is 4. The van der Waals surface area contributed by atoms with Crippen LogP contribution in [0.5, 0.6) is 0 Å². The predicted octanol–water partition coefficient (Wildman–Crippen LogP) is 4.26. The molecule has 0 unspecified atom stereocenters. The maximum absolute atomic E-state index is 15.2. The number of carbonyl (C=O) groups excluding carboxylic acids is 1. The van der Waals surface area contributed by atoms with Crippen LogP contribution in [0.3, 0.4) is 0 Å². The SMILES string of the molecule is Cn1cnc(-c2ccc(F)c(F)c2-c2nc3cc(C(=O)NC45COC(C)(C4)C5)ccn3c2C#N)c1Cl. The summed E-state index contributed by atoms with van der Waals surface area (Å²) >= 11 is 6.34. The maximum atomic E-state index is 15.2. The van der Waals surface area contributed by atoms with Gasteiger partial charge in [-0.05, 0) is 31.2 Å². The predicted molar refractivity (Wildman–Crippen MR) is 126 cm³/mol. The maximum Gasteiger partial charge on any atom is 0.251 e. The highest BCUT2D eigenvalue weighted by molar-refractivity contribution is 6.32. The molecule has 2 saturated heterocycles. The van der Waals surface area contributed by atoms with E-state index in [4.69, 9.17) is 16.3 Å². The van der Waals surface area contributed by atoms with E-state index in [2.05, 4.69) is 15.3 Å². The molecule has 1 aliphatic carbocycles. The number of ether oxygens (including phenoxy) is 1. The van der Waals surface area contributed by atoms with Crippen molar-refractivity contribution >= 4 is 23.2 Å². The minimum Gasteiger partial charge on any atom is -0.373 e. The summed E-state index contributed by atoms with van der Waals surface area (Å²) in [5.74, 6) is -2.58. The van der Waals surface area contributed by atoms with E-state index in [1.54, 1.807) is 13.1 Å². The number of aryl methyl sites for hydroxylation is 1. The second-order valence-corrected chi connectivity index (χ2v) is 10.0.